The monoisotopic (exact) mass is 418 g/mol. The van der Waals surface area contributed by atoms with Gasteiger partial charge in [0.1, 0.15) is 0 Å². The maximum atomic E-state index is 12.3. The van der Waals surface area contributed by atoms with E-state index in [2.05, 4.69) is 9.97 Å². The van der Waals surface area contributed by atoms with E-state index >= 15 is 0 Å². The third-order valence-corrected chi connectivity index (χ3v) is 6.45. The summed E-state index contributed by atoms with van der Waals surface area (Å²) >= 11 is 0. The van der Waals surface area contributed by atoms with E-state index in [1.807, 2.05) is 50.2 Å². The lowest BCUT2D eigenvalue weighted by Gasteiger charge is -2.25. The summed E-state index contributed by atoms with van der Waals surface area (Å²) < 4.78 is 3.44. The smallest absolute Gasteiger partial charge is 0.232 e. The second kappa shape index (κ2) is 12.4. The molecule has 2 amide bonds. The van der Waals surface area contributed by atoms with Gasteiger partial charge in [-0.15, -0.1) is 0 Å². The van der Waals surface area contributed by atoms with Crippen molar-refractivity contribution < 1.29 is 9.59 Å². The lowest BCUT2D eigenvalue weighted by molar-refractivity contribution is -0.126. The zero-order valence-corrected chi connectivity index (χ0v) is 17.9. The van der Waals surface area contributed by atoms with Crippen LogP contribution in [0, 0.1) is 0 Å². The second-order valence-electron chi connectivity index (χ2n) is 5.99. The highest BCUT2D eigenvalue weighted by molar-refractivity contribution is 8.75. The molecular weight excluding hydrogens is 392 g/mol. The number of carbonyl (C=O) groups is 2. The van der Waals surface area contributed by atoms with Crippen LogP contribution in [0.4, 0.5) is 0 Å². The first kappa shape index (κ1) is 22.2. The summed E-state index contributed by atoms with van der Waals surface area (Å²) in [7, 11) is 2.64. The average molecular weight is 419 g/mol. The zero-order valence-electron chi connectivity index (χ0n) is 16.3. The van der Waals surface area contributed by atoms with E-state index < -0.39 is 0 Å². The molecule has 2 aromatic heterocycles. The minimum atomic E-state index is 0.0436. The molecule has 0 atom stereocenters. The summed E-state index contributed by atoms with van der Waals surface area (Å²) in [6, 6.07) is 11.5. The lowest BCUT2D eigenvalue weighted by Crippen LogP contribution is -2.29. The fourth-order valence-corrected chi connectivity index (χ4v) is 4.71. The quantitative estimate of drug-likeness (QED) is 0.407. The summed E-state index contributed by atoms with van der Waals surface area (Å²) in [4.78, 5) is 33.3. The van der Waals surface area contributed by atoms with Crippen molar-refractivity contribution in [1.29, 1.82) is 0 Å². The van der Waals surface area contributed by atoms with Gasteiger partial charge in [-0.2, -0.15) is 0 Å². The number of aromatic nitrogens is 2. The number of amides is 2. The van der Waals surface area contributed by atoms with Crippen LogP contribution in [-0.2, 0) is 22.4 Å². The van der Waals surface area contributed by atoms with Crippen molar-refractivity contribution in [3.05, 3.63) is 60.2 Å². The molecular formula is C20H26N4O2S2. The highest BCUT2D eigenvalue weighted by Gasteiger charge is 2.19. The first-order chi connectivity index (χ1) is 13.6. The topological polar surface area (TPSA) is 66.4 Å². The Balaban J connectivity index is 1.93. The lowest BCUT2D eigenvalue weighted by atomic mass is 10.2. The summed E-state index contributed by atoms with van der Waals surface area (Å²) in [5.41, 5.74) is 1.89. The summed E-state index contributed by atoms with van der Waals surface area (Å²) in [6.45, 7) is 4.79. The average Bonchev–Trinajstić information content (AvgIpc) is 2.76. The van der Waals surface area contributed by atoms with Gasteiger partial charge in [0, 0.05) is 84.5 Å². The Hall–Kier alpha value is -2.06. The molecule has 8 heteroatoms. The molecule has 0 aliphatic heterocycles. The van der Waals surface area contributed by atoms with Crippen LogP contribution in [-0.4, -0.2) is 43.5 Å². The predicted molar refractivity (Wildman–Crippen MR) is 115 cm³/mol. The SMILES string of the molecule is CCC(=O)N(CCc1ccccn1)SSN(CCc1ccccn1)C(=O)CC. The van der Waals surface area contributed by atoms with Gasteiger partial charge in [0.2, 0.25) is 11.8 Å². The molecule has 0 N–H and O–H groups in total. The molecule has 0 radical (unpaired) electrons. The first-order valence-electron chi connectivity index (χ1n) is 9.39. The van der Waals surface area contributed by atoms with Gasteiger partial charge in [0.25, 0.3) is 0 Å². The fraction of sp³-hybridized carbons (Fsp3) is 0.400. The van der Waals surface area contributed by atoms with Crippen LogP contribution < -0.4 is 0 Å². The number of rotatable bonds is 11. The number of carbonyl (C=O) groups excluding carboxylic acids is 2. The van der Waals surface area contributed by atoms with Gasteiger partial charge in [-0.1, -0.05) is 26.0 Å². The fourth-order valence-electron chi connectivity index (χ4n) is 2.36. The minimum absolute atomic E-state index is 0.0436. The van der Waals surface area contributed by atoms with Crippen molar-refractivity contribution in [3.63, 3.8) is 0 Å². The van der Waals surface area contributed by atoms with Crippen LogP contribution >= 0.6 is 22.0 Å². The van der Waals surface area contributed by atoms with Crippen LogP contribution in [0.3, 0.4) is 0 Å². The molecule has 150 valence electrons. The van der Waals surface area contributed by atoms with Gasteiger partial charge in [-0.05, 0) is 24.3 Å². The molecule has 2 rings (SSSR count). The Bertz CT molecular complexity index is 668. The molecule has 6 nitrogen and oxygen atoms in total. The molecule has 0 saturated heterocycles. The Morgan fingerprint density at radius 3 is 1.54 bits per heavy atom. The number of nitrogens with zero attached hydrogens (tertiary/aromatic N) is 4. The Morgan fingerprint density at radius 2 is 1.21 bits per heavy atom. The maximum absolute atomic E-state index is 12.3. The third kappa shape index (κ3) is 7.52. The summed E-state index contributed by atoms with van der Waals surface area (Å²) in [6.07, 6.45) is 5.70. The van der Waals surface area contributed by atoms with E-state index in [-0.39, 0.29) is 11.8 Å². The van der Waals surface area contributed by atoms with Crippen molar-refractivity contribution in [2.75, 3.05) is 13.1 Å². The van der Waals surface area contributed by atoms with E-state index in [0.29, 0.717) is 38.8 Å². The van der Waals surface area contributed by atoms with Crippen LogP contribution in [0.15, 0.2) is 48.8 Å². The normalized spacial score (nSPS) is 10.5. The van der Waals surface area contributed by atoms with Crippen LogP contribution in [0.25, 0.3) is 0 Å². The van der Waals surface area contributed by atoms with Crippen molar-refractivity contribution in [2.24, 2.45) is 0 Å². The standard InChI is InChI=1S/C20H26N4O2S2/c1-3-19(25)23(15-11-17-9-5-7-13-21-17)27-28-24(20(26)4-2)16-12-18-10-6-8-14-22-18/h5-10,13-14H,3-4,11-12,15-16H2,1-2H3. The molecule has 0 aliphatic rings. The maximum Gasteiger partial charge on any atom is 0.232 e. The molecule has 0 spiro atoms. The first-order valence-corrected chi connectivity index (χ1v) is 11.5. The van der Waals surface area contributed by atoms with E-state index in [9.17, 15) is 9.59 Å². The number of pyridine rings is 2. The van der Waals surface area contributed by atoms with Gasteiger partial charge in [-0.25, -0.2) is 0 Å². The summed E-state index contributed by atoms with van der Waals surface area (Å²) in [5, 5.41) is 0. The van der Waals surface area contributed by atoms with Crippen LogP contribution in [0.2, 0.25) is 0 Å². The molecule has 2 heterocycles. The van der Waals surface area contributed by atoms with E-state index in [0.717, 1.165) is 11.4 Å². The molecule has 2 aromatic rings. The van der Waals surface area contributed by atoms with Crippen LogP contribution in [0.1, 0.15) is 38.1 Å². The molecule has 0 unspecified atom stereocenters. The number of hydrogen-bond acceptors (Lipinski definition) is 6. The predicted octanol–water partition coefficient (Wildman–Crippen LogP) is 3.95. The molecule has 0 saturated carbocycles. The highest BCUT2D eigenvalue weighted by atomic mass is 33.1. The second-order valence-corrected chi connectivity index (χ2v) is 8.06. The van der Waals surface area contributed by atoms with E-state index in [4.69, 9.17) is 0 Å². The largest absolute Gasteiger partial charge is 0.275 e. The van der Waals surface area contributed by atoms with Gasteiger partial charge < -0.3 is 0 Å². The van der Waals surface area contributed by atoms with E-state index in [1.165, 1.54) is 22.0 Å². The molecule has 28 heavy (non-hydrogen) atoms. The molecule has 0 aromatic carbocycles. The zero-order chi connectivity index (χ0) is 20.2. The van der Waals surface area contributed by atoms with Crippen molar-refractivity contribution >= 4 is 33.8 Å². The van der Waals surface area contributed by atoms with Gasteiger partial charge in [0.05, 0.1) is 0 Å². The summed E-state index contributed by atoms with van der Waals surface area (Å²) in [5.74, 6) is 0.0871. The third-order valence-electron chi connectivity index (χ3n) is 3.97. The van der Waals surface area contributed by atoms with Crippen molar-refractivity contribution in [3.8, 4) is 0 Å². The van der Waals surface area contributed by atoms with Gasteiger partial charge in [-0.3, -0.25) is 28.2 Å². The highest BCUT2D eigenvalue weighted by Crippen LogP contribution is 2.31. The van der Waals surface area contributed by atoms with E-state index in [1.54, 1.807) is 21.0 Å². The Kier molecular flexibility index (Phi) is 9.85. The van der Waals surface area contributed by atoms with Gasteiger partial charge >= 0.3 is 0 Å². The molecule has 0 aliphatic carbocycles. The Labute approximate surface area is 174 Å². The molecule has 0 bridgehead atoms. The molecule has 0 fully saturated rings. The minimum Gasteiger partial charge on any atom is -0.275 e. The van der Waals surface area contributed by atoms with Crippen molar-refractivity contribution in [1.82, 2.24) is 18.6 Å². The number of hydrogen-bond donors (Lipinski definition) is 0. The van der Waals surface area contributed by atoms with Crippen molar-refractivity contribution in [2.45, 2.75) is 39.5 Å². The Morgan fingerprint density at radius 1 is 0.786 bits per heavy atom. The van der Waals surface area contributed by atoms with Gasteiger partial charge in [0.15, 0.2) is 0 Å². The van der Waals surface area contributed by atoms with Crippen LogP contribution in [0.5, 0.6) is 0 Å².